The molecular formula is C18H29BrN2. The predicted molar refractivity (Wildman–Crippen MR) is 96.1 cm³/mol. The van der Waals surface area contributed by atoms with E-state index in [-0.39, 0.29) is 0 Å². The van der Waals surface area contributed by atoms with Crippen molar-refractivity contribution in [3.8, 4) is 0 Å². The maximum absolute atomic E-state index is 3.77. The van der Waals surface area contributed by atoms with Crippen molar-refractivity contribution in [3.63, 3.8) is 0 Å². The Morgan fingerprint density at radius 3 is 2.62 bits per heavy atom. The summed E-state index contributed by atoms with van der Waals surface area (Å²) < 4.78 is 1.21. The number of anilines is 1. The van der Waals surface area contributed by atoms with Crippen molar-refractivity contribution in [2.45, 2.75) is 53.1 Å². The first-order valence-corrected chi connectivity index (χ1v) is 8.99. The summed E-state index contributed by atoms with van der Waals surface area (Å²) in [5, 5.41) is 3.77. The van der Waals surface area contributed by atoms with Crippen molar-refractivity contribution in [2.75, 3.05) is 18.0 Å². The number of nitrogens with one attached hydrogen (secondary N) is 1. The molecule has 1 fully saturated rings. The Bertz CT molecular complexity index is 472. The molecule has 21 heavy (non-hydrogen) atoms. The lowest BCUT2D eigenvalue weighted by Crippen LogP contribution is -2.60. The number of rotatable bonds is 4. The minimum atomic E-state index is 0.569. The van der Waals surface area contributed by atoms with E-state index in [1.807, 2.05) is 0 Å². The van der Waals surface area contributed by atoms with Crippen molar-refractivity contribution in [3.05, 3.63) is 28.2 Å². The van der Waals surface area contributed by atoms with Crippen LogP contribution in [0.15, 0.2) is 22.7 Å². The molecule has 0 saturated carbocycles. The third kappa shape index (κ3) is 3.81. The molecule has 2 nitrogen and oxygen atoms in total. The molecule has 3 atom stereocenters. The van der Waals surface area contributed by atoms with Crippen LogP contribution in [-0.4, -0.2) is 25.2 Å². The average Bonchev–Trinajstić information content (AvgIpc) is 2.48. The summed E-state index contributed by atoms with van der Waals surface area (Å²) in [5.74, 6) is 1.37. The van der Waals surface area contributed by atoms with Crippen molar-refractivity contribution < 1.29 is 0 Å². The minimum Gasteiger partial charge on any atom is -0.365 e. The van der Waals surface area contributed by atoms with Gasteiger partial charge in [0.25, 0.3) is 0 Å². The molecule has 0 amide bonds. The zero-order valence-corrected chi connectivity index (χ0v) is 15.6. The van der Waals surface area contributed by atoms with E-state index in [9.17, 15) is 0 Å². The predicted octanol–water partition coefficient (Wildman–Crippen LogP) is 4.61. The molecule has 0 spiro atoms. The van der Waals surface area contributed by atoms with Crippen LogP contribution in [0.5, 0.6) is 0 Å². The van der Waals surface area contributed by atoms with Crippen LogP contribution in [0.4, 0.5) is 5.69 Å². The number of hydrogen-bond acceptors (Lipinski definition) is 2. The largest absolute Gasteiger partial charge is 0.365 e. The van der Waals surface area contributed by atoms with E-state index in [1.54, 1.807) is 0 Å². The maximum Gasteiger partial charge on any atom is 0.0438 e. The second-order valence-corrected chi connectivity index (χ2v) is 7.65. The third-order valence-corrected chi connectivity index (χ3v) is 5.82. The van der Waals surface area contributed by atoms with E-state index in [1.165, 1.54) is 22.1 Å². The molecule has 0 aliphatic carbocycles. The van der Waals surface area contributed by atoms with Gasteiger partial charge in [0.1, 0.15) is 0 Å². The van der Waals surface area contributed by atoms with E-state index >= 15 is 0 Å². The molecular weight excluding hydrogens is 324 g/mol. The van der Waals surface area contributed by atoms with Crippen LogP contribution in [0.25, 0.3) is 0 Å². The highest BCUT2D eigenvalue weighted by molar-refractivity contribution is 9.10. The van der Waals surface area contributed by atoms with Gasteiger partial charge in [-0.3, -0.25) is 0 Å². The van der Waals surface area contributed by atoms with Crippen molar-refractivity contribution in [1.82, 2.24) is 5.32 Å². The molecule has 118 valence electrons. The summed E-state index contributed by atoms with van der Waals surface area (Å²) in [6.45, 7) is 13.6. The van der Waals surface area contributed by atoms with Crippen molar-refractivity contribution >= 4 is 21.6 Å². The van der Waals surface area contributed by atoms with Gasteiger partial charge >= 0.3 is 0 Å². The molecule has 0 bridgehead atoms. The average molecular weight is 353 g/mol. The SMILES string of the molecule is CCC(C)C1CN(c2ccc(C)c(Br)c2)C(C(C)C)CN1. The first-order valence-electron chi connectivity index (χ1n) is 8.20. The number of benzene rings is 1. The van der Waals surface area contributed by atoms with Crippen LogP contribution < -0.4 is 10.2 Å². The molecule has 3 heteroatoms. The van der Waals surface area contributed by atoms with E-state index in [0.29, 0.717) is 18.0 Å². The number of halogens is 1. The Kier molecular flexibility index (Phi) is 5.73. The smallest absolute Gasteiger partial charge is 0.0438 e. The third-order valence-electron chi connectivity index (χ3n) is 4.97. The molecule has 3 unspecified atom stereocenters. The lowest BCUT2D eigenvalue weighted by molar-refractivity contribution is 0.281. The molecule has 1 aromatic carbocycles. The summed E-state index contributed by atoms with van der Waals surface area (Å²) in [5.41, 5.74) is 2.65. The van der Waals surface area contributed by atoms with Gasteiger partial charge in [0.2, 0.25) is 0 Å². The normalized spacial score (nSPS) is 24.4. The number of piperazine rings is 1. The van der Waals surface area contributed by atoms with Gasteiger partial charge in [0.15, 0.2) is 0 Å². The van der Waals surface area contributed by atoms with E-state index in [4.69, 9.17) is 0 Å². The highest BCUT2D eigenvalue weighted by Crippen LogP contribution is 2.29. The van der Waals surface area contributed by atoms with Crippen LogP contribution in [-0.2, 0) is 0 Å². The first-order chi connectivity index (χ1) is 9.93. The van der Waals surface area contributed by atoms with Crippen LogP contribution >= 0.6 is 15.9 Å². The fourth-order valence-corrected chi connectivity index (χ4v) is 3.48. The van der Waals surface area contributed by atoms with Gasteiger partial charge in [-0.25, -0.2) is 0 Å². The Morgan fingerprint density at radius 2 is 2.05 bits per heavy atom. The summed E-state index contributed by atoms with van der Waals surface area (Å²) >= 11 is 3.69. The molecule has 1 heterocycles. The second-order valence-electron chi connectivity index (χ2n) is 6.80. The zero-order chi connectivity index (χ0) is 15.6. The van der Waals surface area contributed by atoms with Gasteiger partial charge in [0.05, 0.1) is 0 Å². The van der Waals surface area contributed by atoms with Crippen LogP contribution in [0.1, 0.15) is 39.7 Å². The molecule has 0 aromatic heterocycles. The number of aryl methyl sites for hydroxylation is 1. The zero-order valence-electron chi connectivity index (χ0n) is 14.0. The molecule has 2 rings (SSSR count). The summed E-state index contributed by atoms with van der Waals surface area (Å²) in [6, 6.07) is 7.93. The first kappa shape index (κ1) is 16.8. The van der Waals surface area contributed by atoms with Gasteiger partial charge in [-0.05, 0) is 36.5 Å². The van der Waals surface area contributed by atoms with Gasteiger partial charge in [-0.2, -0.15) is 0 Å². The molecule has 1 aromatic rings. The number of nitrogens with zero attached hydrogens (tertiary/aromatic N) is 1. The van der Waals surface area contributed by atoms with Crippen LogP contribution in [0.3, 0.4) is 0 Å². The van der Waals surface area contributed by atoms with E-state index in [2.05, 4.69) is 79.0 Å². The fraction of sp³-hybridized carbons (Fsp3) is 0.667. The highest BCUT2D eigenvalue weighted by Gasteiger charge is 2.32. The van der Waals surface area contributed by atoms with Crippen LogP contribution in [0, 0.1) is 18.8 Å². The fourth-order valence-electron chi connectivity index (χ4n) is 3.11. The van der Waals surface area contributed by atoms with Crippen LogP contribution in [0.2, 0.25) is 0 Å². The summed E-state index contributed by atoms with van der Waals surface area (Å²) in [6.07, 6.45) is 1.23. The quantitative estimate of drug-likeness (QED) is 0.851. The van der Waals surface area contributed by atoms with Gasteiger partial charge in [-0.1, -0.05) is 56.1 Å². The lowest BCUT2D eigenvalue weighted by atomic mass is 9.91. The standard InChI is InChI=1S/C18H29BrN2/c1-6-13(4)17-11-21(18(10-20-17)12(2)3)15-8-7-14(5)16(19)9-15/h7-9,12-13,17-18,20H,6,10-11H2,1-5H3. The summed E-state index contributed by atoms with van der Waals surface area (Å²) in [4.78, 5) is 2.61. The van der Waals surface area contributed by atoms with Crippen molar-refractivity contribution in [1.29, 1.82) is 0 Å². The van der Waals surface area contributed by atoms with Gasteiger partial charge in [0, 0.05) is 35.3 Å². The molecule has 0 radical (unpaired) electrons. The monoisotopic (exact) mass is 352 g/mol. The Balaban J connectivity index is 2.26. The van der Waals surface area contributed by atoms with E-state index < -0.39 is 0 Å². The van der Waals surface area contributed by atoms with Gasteiger partial charge in [-0.15, -0.1) is 0 Å². The molecule has 1 N–H and O–H groups in total. The highest BCUT2D eigenvalue weighted by atomic mass is 79.9. The Labute approximate surface area is 138 Å². The minimum absolute atomic E-state index is 0.569. The molecule has 1 saturated heterocycles. The number of hydrogen-bond donors (Lipinski definition) is 1. The Hall–Kier alpha value is -0.540. The summed E-state index contributed by atoms with van der Waals surface area (Å²) in [7, 11) is 0. The maximum atomic E-state index is 3.77. The lowest BCUT2D eigenvalue weighted by Gasteiger charge is -2.45. The molecule has 1 aliphatic heterocycles. The topological polar surface area (TPSA) is 15.3 Å². The van der Waals surface area contributed by atoms with E-state index in [0.717, 1.165) is 19.0 Å². The Morgan fingerprint density at radius 1 is 1.33 bits per heavy atom. The molecule has 1 aliphatic rings. The second kappa shape index (κ2) is 7.15. The van der Waals surface area contributed by atoms with Crippen molar-refractivity contribution in [2.24, 2.45) is 11.8 Å². The van der Waals surface area contributed by atoms with Gasteiger partial charge < -0.3 is 10.2 Å².